The van der Waals surface area contributed by atoms with E-state index in [0.29, 0.717) is 24.0 Å². The maximum absolute atomic E-state index is 12.0. The van der Waals surface area contributed by atoms with Crippen molar-refractivity contribution < 1.29 is 0 Å². The van der Waals surface area contributed by atoms with Crippen LogP contribution in [0.25, 0.3) is 10.9 Å². The lowest BCUT2D eigenvalue weighted by Crippen LogP contribution is -2.24. The lowest BCUT2D eigenvalue weighted by Gasteiger charge is -2.05. The fourth-order valence-corrected chi connectivity index (χ4v) is 1.98. The van der Waals surface area contributed by atoms with Crippen LogP contribution in [0.4, 0.5) is 0 Å². The number of nitrogens with two attached hydrogens (primary N) is 1. The third kappa shape index (κ3) is 1.80. The molecular weight excluding hydrogens is 258 g/mol. The molecule has 5 heteroatoms. The third-order valence-electron chi connectivity index (χ3n) is 2.17. The highest BCUT2D eigenvalue weighted by atomic mass is 79.9. The molecule has 2 aromatic rings. The van der Waals surface area contributed by atoms with Crippen molar-refractivity contribution in [2.24, 2.45) is 5.73 Å². The van der Waals surface area contributed by atoms with Crippen molar-refractivity contribution in [3.05, 3.63) is 39.4 Å². The Bertz CT molecular complexity index is 550. The molecule has 0 saturated heterocycles. The van der Waals surface area contributed by atoms with E-state index < -0.39 is 0 Å². The van der Waals surface area contributed by atoms with E-state index in [0.717, 1.165) is 4.47 Å². The summed E-state index contributed by atoms with van der Waals surface area (Å²) in [7, 11) is 0. The molecule has 0 amide bonds. The van der Waals surface area contributed by atoms with Crippen LogP contribution in [0.2, 0.25) is 0 Å². The van der Waals surface area contributed by atoms with Gasteiger partial charge in [0, 0.05) is 17.6 Å². The van der Waals surface area contributed by atoms with Gasteiger partial charge in [0.25, 0.3) is 5.56 Å². The monoisotopic (exact) mass is 267 g/mol. The number of halogens is 1. The minimum Gasteiger partial charge on any atom is -0.329 e. The average molecular weight is 268 g/mol. The molecule has 0 aliphatic rings. The molecule has 1 heterocycles. The Labute approximate surface area is 94.9 Å². The lowest BCUT2D eigenvalue weighted by molar-refractivity contribution is 0.673. The highest BCUT2D eigenvalue weighted by molar-refractivity contribution is 9.10. The number of benzene rings is 1. The SMILES string of the molecule is NCCn1cnc2cccc(Br)c2c1=O. The summed E-state index contributed by atoms with van der Waals surface area (Å²) in [6.45, 7) is 0.917. The Morgan fingerprint density at radius 3 is 3.00 bits per heavy atom. The van der Waals surface area contributed by atoms with E-state index in [1.807, 2.05) is 18.2 Å². The Hall–Kier alpha value is -1.20. The average Bonchev–Trinajstić information content (AvgIpc) is 2.22. The second kappa shape index (κ2) is 4.12. The normalized spacial score (nSPS) is 10.8. The summed E-state index contributed by atoms with van der Waals surface area (Å²) in [5.41, 5.74) is 6.05. The second-order valence-electron chi connectivity index (χ2n) is 3.17. The summed E-state index contributed by atoms with van der Waals surface area (Å²) in [6.07, 6.45) is 1.53. The maximum Gasteiger partial charge on any atom is 0.262 e. The predicted molar refractivity (Wildman–Crippen MR) is 62.8 cm³/mol. The van der Waals surface area contributed by atoms with Gasteiger partial charge in [-0.2, -0.15) is 0 Å². The first-order valence-electron chi connectivity index (χ1n) is 4.58. The summed E-state index contributed by atoms with van der Waals surface area (Å²) >= 11 is 3.35. The lowest BCUT2D eigenvalue weighted by atomic mass is 10.2. The molecule has 15 heavy (non-hydrogen) atoms. The van der Waals surface area contributed by atoms with Crippen LogP contribution in [0.1, 0.15) is 0 Å². The molecule has 1 aromatic heterocycles. The number of hydrogen-bond donors (Lipinski definition) is 1. The van der Waals surface area contributed by atoms with Crippen LogP contribution in [-0.2, 0) is 6.54 Å². The van der Waals surface area contributed by atoms with Crippen LogP contribution in [0.15, 0.2) is 33.8 Å². The van der Waals surface area contributed by atoms with E-state index in [9.17, 15) is 4.79 Å². The van der Waals surface area contributed by atoms with Crippen molar-refractivity contribution in [3.8, 4) is 0 Å². The van der Waals surface area contributed by atoms with Gasteiger partial charge in [0.2, 0.25) is 0 Å². The first-order chi connectivity index (χ1) is 7.24. The van der Waals surface area contributed by atoms with Crippen molar-refractivity contribution in [1.29, 1.82) is 0 Å². The number of hydrogen-bond acceptors (Lipinski definition) is 3. The molecule has 0 radical (unpaired) electrons. The minimum absolute atomic E-state index is 0.0575. The van der Waals surface area contributed by atoms with Crippen molar-refractivity contribution in [3.63, 3.8) is 0 Å². The van der Waals surface area contributed by atoms with E-state index in [1.54, 1.807) is 0 Å². The van der Waals surface area contributed by atoms with Gasteiger partial charge in [-0.3, -0.25) is 9.36 Å². The van der Waals surface area contributed by atoms with Gasteiger partial charge in [-0.15, -0.1) is 0 Å². The van der Waals surface area contributed by atoms with E-state index in [2.05, 4.69) is 20.9 Å². The number of nitrogens with zero attached hydrogens (tertiary/aromatic N) is 2. The zero-order valence-electron chi connectivity index (χ0n) is 7.98. The van der Waals surface area contributed by atoms with Crippen LogP contribution >= 0.6 is 15.9 Å². The molecule has 0 atom stereocenters. The van der Waals surface area contributed by atoms with E-state index in [4.69, 9.17) is 5.73 Å². The van der Waals surface area contributed by atoms with Gasteiger partial charge >= 0.3 is 0 Å². The molecule has 0 spiro atoms. The summed E-state index contributed by atoms with van der Waals surface area (Å²) in [4.78, 5) is 16.2. The van der Waals surface area contributed by atoms with Crippen LogP contribution in [-0.4, -0.2) is 16.1 Å². The summed E-state index contributed by atoms with van der Waals surface area (Å²) in [6, 6.07) is 5.50. The zero-order valence-corrected chi connectivity index (χ0v) is 9.57. The molecule has 1 aromatic carbocycles. The van der Waals surface area contributed by atoms with Crippen LogP contribution < -0.4 is 11.3 Å². The second-order valence-corrected chi connectivity index (χ2v) is 4.02. The zero-order chi connectivity index (χ0) is 10.8. The Morgan fingerprint density at radius 1 is 1.47 bits per heavy atom. The van der Waals surface area contributed by atoms with E-state index >= 15 is 0 Å². The van der Waals surface area contributed by atoms with Gasteiger partial charge in [-0.1, -0.05) is 6.07 Å². The maximum atomic E-state index is 12.0. The Balaban J connectivity index is 2.77. The third-order valence-corrected chi connectivity index (χ3v) is 2.83. The first kappa shape index (κ1) is 10.3. The summed E-state index contributed by atoms with van der Waals surface area (Å²) < 4.78 is 2.29. The molecule has 78 valence electrons. The van der Waals surface area contributed by atoms with Gasteiger partial charge in [-0.05, 0) is 28.1 Å². The van der Waals surface area contributed by atoms with Gasteiger partial charge in [0.1, 0.15) is 0 Å². The first-order valence-corrected chi connectivity index (χ1v) is 5.37. The van der Waals surface area contributed by atoms with E-state index in [1.165, 1.54) is 10.9 Å². The highest BCUT2D eigenvalue weighted by Gasteiger charge is 2.06. The van der Waals surface area contributed by atoms with Crippen molar-refractivity contribution >= 4 is 26.8 Å². The minimum atomic E-state index is -0.0575. The molecule has 0 fully saturated rings. The molecule has 0 aliphatic carbocycles. The fourth-order valence-electron chi connectivity index (χ4n) is 1.46. The molecular formula is C10H10BrN3O. The number of rotatable bonds is 2. The van der Waals surface area contributed by atoms with Crippen molar-refractivity contribution in [2.45, 2.75) is 6.54 Å². The number of aromatic nitrogens is 2. The molecule has 4 nitrogen and oxygen atoms in total. The predicted octanol–water partition coefficient (Wildman–Crippen LogP) is 1.12. The molecule has 2 rings (SSSR count). The number of fused-ring (bicyclic) bond motifs is 1. The smallest absolute Gasteiger partial charge is 0.262 e. The molecule has 0 aliphatic heterocycles. The van der Waals surface area contributed by atoms with Gasteiger partial charge in [0.15, 0.2) is 0 Å². The molecule has 0 unspecified atom stereocenters. The molecule has 0 bridgehead atoms. The van der Waals surface area contributed by atoms with Gasteiger partial charge in [-0.25, -0.2) is 4.98 Å². The van der Waals surface area contributed by atoms with Gasteiger partial charge in [0.05, 0.1) is 17.2 Å². The standard InChI is InChI=1S/C10H10BrN3O/c11-7-2-1-3-8-9(7)10(15)14(5-4-12)6-13-8/h1-3,6H,4-5,12H2. The summed E-state index contributed by atoms with van der Waals surface area (Å²) in [5, 5.41) is 0.605. The van der Waals surface area contributed by atoms with Crippen molar-refractivity contribution in [1.82, 2.24) is 9.55 Å². The van der Waals surface area contributed by atoms with Crippen LogP contribution in [0.3, 0.4) is 0 Å². The quantitative estimate of drug-likeness (QED) is 0.887. The largest absolute Gasteiger partial charge is 0.329 e. The Morgan fingerprint density at radius 2 is 2.27 bits per heavy atom. The molecule has 2 N–H and O–H groups in total. The Kier molecular flexibility index (Phi) is 2.83. The molecule has 0 saturated carbocycles. The fraction of sp³-hybridized carbons (Fsp3) is 0.200. The van der Waals surface area contributed by atoms with Crippen LogP contribution in [0.5, 0.6) is 0 Å². The highest BCUT2D eigenvalue weighted by Crippen LogP contribution is 2.18. The topological polar surface area (TPSA) is 60.9 Å². The summed E-state index contributed by atoms with van der Waals surface area (Å²) in [5.74, 6) is 0. The van der Waals surface area contributed by atoms with Crippen LogP contribution in [0, 0.1) is 0 Å². The van der Waals surface area contributed by atoms with E-state index in [-0.39, 0.29) is 5.56 Å². The van der Waals surface area contributed by atoms with Crippen molar-refractivity contribution in [2.75, 3.05) is 6.54 Å². The van der Waals surface area contributed by atoms with Gasteiger partial charge < -0.3 is 5.73 Å².